The molecule has 31 heavy (non-hydrogen) atoms. The number of ether oxygens (including phenoxy) is 1. The summed E-state index contributed by atoms with van der Waals surface area (Å²) in [5.74, 6) is 3.46. The molecule has 0 saturated heterocycles. The highest BCUT2D eigenvalue weighted by Gasteiger charge is 2.33. The first kappa shape index (κ1) is 29.6. The minimum atomic E-state index is -0.278. The van der Waals surface area contributed by atoms with Crippen molar-refractivity contribution < 1.29 is 19.4 Å². The Labute approximate surface area is 191 Å². The molecule has 0 aromatic rings. The van der Waals surface area contributed by atoms with Crippen molar-refractivity contribution in [3.63, 3.8) is 0 Å². The first-order valence-electron chi connectivity index (χ1n) is 12.1. The van der Waals surface area contributed by atoms with Crippen molar-refractivity contribution >= 4 is 11.8 Å². The van der Waals surface area contributed by atoms with Crippen molar-refractivity contribution in [2.24, 2.45) is 35.5 Å². The van der Waals surface area contributed by atoms with Gasteiger partial charge in [-0.05, 0) is 74.2 Å². The molecule has 0 amide bonds. The van der Waals surface area contributed by atoms with Gasteiger partial charge in [0.15, 0.2) is 5.78 Å². The Morgan fingerprint density at radius 3 is 1.71 bits per heavy atom. The van der Waals surface area contributed by atoms with E-state index < -0.39 is 0 Å². The first-order valence-corrected chi connectivity index (χ1v) is 12.1. The summed E-state index contributed by atoms with van der Waals surface area (Å²) in [5.41, 5.74) is 0. The summed E-state index contributed by atoms with van der Waals surface area (Å²) < 4.78 is 5.43. The molecule has 0 aromatic carbocycles. The zero-order chi connectivity index (χ0) is 24.1. The maximum absolute atomic E-state index is 11.2. The van der Waals surface area contributed by atoms with Crippen LogP contribution in [0.4, 0.5) is 0 Å². The number of aliphatic hydroxyl groups is 1. The van der Waals surface area contributed by atoms with E-state index in [1.807, 2.05) is 0 Å². The fraction of sp³-hybridized carbons (Fsp3) is 0.778. The van der Waals surface area contributed by atoms with Crippen molar-refractivity contribution in [3.05, 3.63) is 25.3 Å². The van der Waals surface area contributed by atoms with Crippen LogP contribution in [0.2, 0.25) is 0 Å². The average molecular weight is 437 g/mol. The first-order chi connectivity index (χ1) is 14.4. The van der Waals surface area contributed by atoms with Crippen LogP contribution in [0.1, 0.15) is 87.0 Å². The monoisotopic (exact) mass is 436 g/mol. The van der Waals surface area contributed by atoms with Crippen LogP contribution >= 0.6 is 0 Å². The zero-order valence-corrected chi connectivity index (χ0v) is 21.1. The minimum absolute atomic E-state index is 0.0185. The number of carbonyl (C=O) groups excluding carboxylic acids is 2. The Bertz CT molecular complexity index is 551. The summed E-state index contributed by atoms with van der Waals surface area (Å²) in [6.45, 7) is 21.4. The van der Waals surface area contributed by atoms with Gasteiger partial charge in [0.05, 0.1) is 6.10 Å². The smallest absolute Gasteiger partial charge is 0.330 e. The van der Waals surface area contributed by atoms with Crippen LogP contribution in [-0.4, -0.2) is 29.1 Å². The highest BCUT2D eigenvalue weighted by Crippen LogP contribution is 2.35. The summed E-state index contributed by atoms with van der Waals surface area (Å²) in [6.07, 6.45) is 9.58. The second-order valence-electron chi connectivity index (χ2n) is 10.2. The quantitative estimate of drug-likeness (QED) is 0.401. The van der Waals surface area contributed by atoms with Crippen molar-refractivity contribution in [2.75, 3.05) is 0 Å². The van der Waals surface area contributed by atoms with E-state index in [2.05, 4.69) is 54.7 Å². The molecule has 2 rings (SSSR count). The molecule has 0 aromatic heterocycles. The Hall–Kier alpha value is -1.42. The molecule has 2 aliphatic carbocycles. The van der Waals surface area contributed by atoms with Gasteiger partial charge >= 0.3 is 5.97 Å². The van der Waals surface area contributed by atoms with E-state index in [9.17, 15) is 14.7 Å². The molecule has 2 aliphatic rings. The third-order valence-electron chi connectivity index (χ3n) is 6.67. The molecule has 4 nitrogen and oxygen atoms in total. The zero-order valence-electron chi connectivity index (χ0n) is 21.1. The van der Waals surface area contributed by atoms with Crippen LogP contribution in [0.3, 0.4) is 0 Å². The predicted molar refractivity (Wildman–Crippen MR) is 130 cm³/mol. The van der Waals surface area contributed by atoms with Gasteiger partial charge in [-0.2, -0.15) is 0 Å². The van der Waals surface area contributed by atoms with Gasteiger partial charge in [-0.3, -0.25) is 4.79 Å². The number of hydrogen-bond acceptors (Lipinski definition) is 4. The third kappa shape index (κ3) is 12.3. The number of allylic oxidation sites excluding steroid dienone is 1. The minimum Gasteiger partial charge on any atom is -0.459 e. The lowest BCUT2D eigenvalue weighted by Gasteiger charge is -2.36. The molecule has 0 aliphatic heterocycles. The average Bonchev–Trinajstić information content (AvgIpc) is 2.68. The van der Waals surface area contributed by atoms with Gasteiger partial charge in [-0.15, -0.1) is 0 Å². The molecule has 1 N–H and O–H groups in total. The van der Waals surface area contributed by atoms with E-state index in [4.69, 9.17) is 4.74 Å². The molecular weight excluding hydrogens is 388 g/mol. The summed E-state index contributed by atoms with van der Waals surface area (Å²) in [4.78, 5) is 20.9. The molecule has 180 valence electrons. The standard InChI is InChI=1S/C13H22O2.C10H20O.C4H6O/c1-5-13(14)15-12-8-10(4)6-7-11(12)9(2)3;1-7(2)9-5-4-8(3)6-10(9)11;1-3-4(2)5/h5,9-12H,1,6-8H2,2-4H3;7-11H,4-6H2,1-3H3;3H,1H2,2H3. The number of hydrogen-bond donors (Lipinski definition) is 1. The number of ketones is 1. The van der Waals surface area contributed by atoms with Gasteiger partial charge in [-0.25, -0.2) is 4.79 Å². The fourth-order valence-corrected chi connectivity index (χ4v) is 4.60. The van der Waals surface area contributed by atoms with Gasteiger partial charge in [0, 0.05) is 6.08 Å². The molecule has 0 heterocycles. The van der Waals surface area contributed by atoms with E-state index in [1.165, 1.54) is 44.8 Å². The van der Waals surface area contributed by atoms with Crippen LogP contribution < -0.4 is 0 Å². The largest absolute Gasteiger partial charge is 0.459 e. The van der Waals surface area contributed by atoms with E-state index in [-0.39, 0.29) is 24.0 Å². The lowest BCUT2D eigenvalue weighted by Crippen LogP contribution is -2.35. The molecule has 2 saturated carbocycles. The fourth-order valence-electron chi connectivity index (χ4n) is 4.60. The van der Waals surface area contributed by atoms with Gasteiger partial charge in [0.2, 0.25) is 0 Å². The topological polar surface area (TPSA) is 63.6 Å². The number of aliphatic hydroxyl groups excluding tert-OH is 1. The Kier molecular flexibility index (Phi) is 14.7. The summed E-state index contributed by atoms with van der Waals surface area (Å²) in [7, 11) is 0. The summed E-state index contributed by atoms with van der Waals surface area (Å²) in [5, 5.41) is 9.71. The number of esters is 1. The Morgan fingerprint density at radius 1 is 0.871 bits per heavy atom. The van der Waals surface area contributed by atoms with E-state index in [0.29, 0.717) is 29.6 Å². The Balaban J connectivity index is 0.000000492. The molecule has 0 bridgehead atoms. The Morgan fingerprint density at radius 2 is 1.32 bits per heavy atom. The van der Waals surface area contributed by atoms with Crippen molar-refractivity contribution in [2.45, 2.75) is 99.2 Å². The van der Waals surface area contributed by atoms with Gasteiger partial charge in [-0.1, -0.05) is 67.5 Å². The maximum atomic E-state index is 11.2. The van der Waals surface area contributed by atoms with Gasteiger partial charge < -0.3 is 9.84 Å². The molecule has 6 unspecified atom stereocenters. The van der Waals surface area contributed by atoms with Crippen molar-refractivity contribution in [1.82, 2.24) is 0 Å². The van der Waals surface area contributed by atoms with Crippen molar-refractivity contribution in [3.8, 4) is 0 Å². The lowest BCUT2D eigenvalue weighted by molar-refractivity contribution is -0.149. The molecule has 0 spiro atoms. The van der Waals surface area contributed by atoms with Crippen molar-refractivity contribution in [1.29, 1.82) is 0 Å². The summed E-state index contributed by atoms with van der Waals surface area (Å²) >= 11 is 0. The molecule has 0 radical (unpaired) electrons. The third-order valence-corrected chi connectivity index (χ3v) is 6.67. The normalized spacial score (nSPS) is 30.3. The summed E-state index contributed by atoms with van der Waals surface area (Å²) in [6, 6.07) is 0. The highest BCUT2D eigenvalue weighted by molar-refractivity contribution is 5.86. The molecule has 4 heteroatoms. The lowest BCUT2D eigenvalue weighted by atomic mass is 9.75. The van der Waals surface area contributed by atoms with Crippen LogP contribution in [0.15, 0.2) is 25.3 Å². The van der Waals surface area contributed by atoms with E-state index in [0.717, 1.165) is 18.8 Å². The SMILES string of the molecule is C=CC(=O)OC1CC(C)CCC1C(C)C.C=CC(C)=O.CC1CCC(C(C)C)C(O)C1. The second-order valence-corrected chi connectivity index (χ2v) is 10.2. The molecule has 2 fully saturated rings. The van der Waals surface area contributed by atoms with Gasteiger partial charge in [0.1, 0.15) is 6.10 Å². The van der Waals surface area contributed by atoms with Crippen LogP contribution in [0, 0.1) is 35.5 Å². The van der Waals surface area contributed by atoms with E-state index >= 15 is 0 Å². The predicted octanol–water partition coefficient (Wildman–Crippen LogP) is 6.38. The number of carbonyl (C=O) groups is 2. The van der Waals surface area contributed by atoms with Crippen LogP contribution in [0.5, 0.6) is 0 Å². The van der Waals surface area contributed by atoms with Gasteiger partial charge in [0.25, 0.3) is 0 Å². The highest BCUT2D eigenvalue weighted by atomic mass is 16.5. The second kappa shape index (κ2) is 15.4. The molecule has 6 atom stereocenters. The molecular formula is C27H48O4. The van der Waals surface area contributed by atoms with Crippen LogP contribution in [0.25, 0.3) is 0 Å². The van der Waals surface area contributed by atoms with E-state index in [1.54, 1.807) is 0 Å². The van der Waals surface area contributed by atoms with Crippen LogP contribution in [-0.2, 0) is 14.3 Å². The number of rotatable bonds is 5. The maximum Gasteiger partial charge on any atom is 0.330 e.